The Morgan fingerprint density at radius 3 is 0.943 bits per heavy atom. The normalized spacial score (nSPS) is 15.5. The quantitative estimate of drug-likeness (QED) is 0.0244. The minimum absolute atomic E-state index is 0.260. The highest BCUT2D eigenvalue weighted by molar-refractivity contribution is 6.95. The molecule has 0 aromatic heterocycles. The van der Waals surface area contributed by atoms with Crippen LogP contribution in [0.4, 0.5) is 0 Å². The highest BCUT2D eigenvalue weighted by Gasteiger charge is 2.57. The smallest absolute Gasteiger partial charge is 0.462 e. The van der Waals surface area contributed by atoms with Gasteiger partial charge in [-0.05, 0) is 334 Å². The van der Waals surface area contributed by atoms with Gasteiger partial charge in [-0.2, -0.15) is 0 Å². The minimum Gasteiger partial charge on any atom is -0.462 e. The summed E-state index contributed by atoms with van der Waals surface area (Å²) in [6, 6.07) is 15.3. The Morgan fingerprint density at radius 2 is 0.613 bits per heavy atom. The first kappa shape index (κ1) is 110. The van der Waals surface area contributed by atoms with Gasteiger partial charge in [0.1, 0.15) is 39.1 Å². The van der Waals surface area contributed by atoms with Crippen molar-refractivity contribution < 1.29 is 71.6 Å². The third kappa shape index (κ3) is 59.3. The largest absolute Gasteiger partial charge is 0.469 e. The number of hydrogen-bond acceptors (Lipinski definition) is 17. The molecule has 634 valence electrons. The Balaban J connectivity index is 6.51. The number of unbranched alkanes of at least 4 members (excludes halogenated alkanes) is 1. The fraction of sp³-hybridized carbons (Fsp3) is 0.955. The molecular formula is C66H176O17Si23. The fourth-order valence-electron chi connectivity index (χ4n) is 12.5. The highest BCUT2D eigenvalue weighted by atomic mass is 28.5. The molecule has 40 heteroatoms. The number of hydrogen-bond donors (Lipinski definition) is 0. The summed E-state index contributed by atoms with van der Waals surface area (Å²) < 4.78 is 115. The minimum atomic E-state index is -3.39. The van der Waals surface area contributed by atoms with Crippen molar-refractivity contribution in [3.63, 3.8) is 0 Å². The van der Waals surface area contributed by atoms with Crippen LogP contribution >= 0.6 is 0 Å². The fourth-order valence-corrected chi connectivity index (χ4v) is 97.4. The molecule has 0 bridgehead atoms. The zero-order chi connectivity index (χ0) is 82.8. The lowest BCUT2D eigenvalue weighted by atomic mass is 10.2. The number of esters is 1. The summed E-state index contributed by atoms with van der Waals surface area (Å²) in [4.78, 5) is 12.6. The van der Waals surface area contributed by atoms with E-state index < -0.39 is 190 Å². The second-order valence-electron chi connectivity index (χ2n) is 42.6. The van der Waals surface area contributed by atoms with Crippen molar-refractivity contribution in [3.8, 4) is 0 Å². The first-order valence-electron chi connectivity index (χ1n) is 41.3. The van der Waals surface area contributed by atoms with Gasteiger partial charge in [0, 0.05) is 29.9 Å². The van der Waals surface area contributed by atoms with E-state index >= 15 is 0 Å². The molecule has 0 rings (SSSR count). The molecule has 1 unspecified atom stereocenters. The summed E-state index contributed by atoms with van der Waals surface area (Å²) in [5.41, 5.74) is 0.564. The van der Waals surface area contributed by atoms with Crippen LogP contribution in [0.3, 0.4) is 0 Å². The van der Waals surface area contributed by atoms with E-state index in [-0.39, 0.29) is 15.7 Å². The van der Waals surface area contributed by atoms with Gasteiger partial charge in [-0.3, -0.25) is 0 Å². The predicted octanol–water partition coefficient (Wildman–Crippen LogP) is 20.3. The van der Waals surface area contributed by atoms with E-state index in [9.17, 15) is 4.79 Å². The van der Waals surface area contributed by atoms with Gasteiger partial charge >= 0.3 is 32.4 Å². The van der Waals surface area contributed by atoms with Gasteiger partial charge < -0.3 is 66.8 Å². The molecule has 17 nitrogen and oxygen atoms in total. The average Bonchev–Trinajstić information content (AvgIpc) is 0.788. The molecule has 0 aromatic rings. The lowest BCUT2D eigenvalue weighted by Crippen LogP contribution is -2.64. The highest BCUT2D eigenvalue weighted by Crippen LogP contribution is 2.40. The monoisotopic (exact) mass is 1880 g/mol. The summed E-state index contributed by atoms with van der Waals surface area (Å²) in [7, 11) is -45.2. The van der Waals surface area contributed by atoms with E-state index in [0.29, 0.717) is 24.6 Å². The number of carbonyl (C=O) groups is 1. The van der Waals surface area contributed by atoms with E-state index in [2.05, 4.69) is 262 Å². The van der Waals surface area contributed by atoms with Gasteiger partial charge in [-0.25, -0.2) is 4.79 Å². The second kappa shape index (κ2) is 46.4. The predicted molar refractivity (Wildman–Crippen MR) is 519 cm³/mol. The number of rotatable bonds is 63. The molecule has 0 aliphatic rings. The third-order valence-electron chi connectivity index (χ3n) is 16.8. The molecule has 1 atom stereocenters. The second-order valence-corrected chi connectivity index (χ2v) is 130. The lowest BCUT2D eigenvalue weighted by Gasteiger charge is -2.47. The molecule has 0 aliphatic heterocycles. The Labute approximate surface area is 686 Å². The first-order chi connectivity index (χ1) is 47.3. The van der Waals surface area contributed by atoms with E-state index in [1.54, 1.807) is 0 Å². The van der Waals surface area contributed by atoms with Crippen molar-refractivity contribution in [1.82, 2.24) is 0 Å². The maximum atomic E-state index is 12.6. The van der Waals surface area contributed by atoms with Crippen LogP contribution in [-0.4, -0.2) is 218 Å². The maximum absolute atomic E-state index is 12.6. The van der Waals surface area contributed by atoms with Gasteiger partial charge in [0.15, 0.2) is 134 Å². The standard InChI is InChI=1S/C66H176O17Si23/c1-41-47-65(2)66(67)68-48-42-43-53-88(74-101(35,36)56-46-51-86-72-99(31,32)55-45-50-85-71-98(29,30)54-44-49-84-70-89(3,4)5)64-69-97(27,28)57-52-87-73-100(33,34)58-61-105(78-93(15,16)17,79-94(18,19)20)82-103(39,40)60-63-106(80-95(21,22)23,81-96(24,25)26)83-102(37,38)59-62-104(75-90(6,7)8,76-91(9,10)11)77-92(12,13)14/h88H,2,41-64,84-87H2,1,3-40H3. The summed E-state index contributed by atoms with van der Waals surface area (Å²) in [5.74, 6) is -0.260. The van der Waals surface area contributed by atoms with Crippen LogP contribution in [0.15, 0.2) is 12.2 Å². The third-order valence-corrected chi connectivity index (χ3v) is 90.8. The molecule has 0 radical (unpaired) electrons. The van der Waals surface area contributed by atoms with Crippen LogP contribution in [0.2, 0.25) is 339 Å². The van der Waals surface area contributed by atoms with E-state index in [1.807, 2.05) is 0 Å². The maximum Gasteiger partial charge on any atom is 0.469 e. The summed E-state index contributed by atoms with van der Waals surface area (Å²) in [6.07, 6.45) is 7.82. The molecule has 0 aromatic carbocycles. The number of carbonyl (C=O) groups excluding carboxylic acids is 1. The van der Waals surface area contributed by atoms with Crippen molar-refractivity contribution in [2.75, 3.05) is 12.8 Å². The Morgan fingerprint density at radius 1 is 0.311 bits per heavy atom. The molecule has 0 aliphatic carbocycles. The molecule has 0 amide bonds. The van der Waals surface area contributed by atoms with Crippen LogP contribution in [-0.2, 0) is 71.6 Å². The zero-order valence-corrected chi connectivity index (χ0v) is 102. The average molecular weight is 1890 g/mol. The SMILES string of the molecule is C=C(CCC)C(=O)OCCCC[SiH](CO[Si](C)(C)CC[SiH2]O[Si](C)(C)CC[Si](O[Si](C)(C)C)(O[Si](C)(C)C)O[Si](C)(C)CC[Si](O[Si](C)(C)C)(O[Si](C)(C)C)O[Si](C)(C)CC[Si](O[Si](C)(C)C)(O[Si](C)(C)C)O[Si](C)(C)C)O[Si](C)(C)CCC[SiH2]O[Si](C)(C)CCC[SiH2]O[Si](C)(C)CCC[SiH2]O[Si](C)(C)C. The molecule has 106 heavy (non-hydrogen) atoms. The molecule has 0 saturated heterocycles. The first-order valence-corrected chi connectivity index (χ1v) is 105. The van der Waals surface area contributed by atoms with Crippen molar-refractivity contribution in [3.05, 3.63) is 12.2 Å². The van der Waals surface area contributed by atoms with Crippen LogP contribution < -0.4 is 0 Å². The summed E-state index contributed by atoms with van der Waals surface area (Å²) >= 11 is 0. The lowest BCUT2D eigenvalue weighted by molar-refractivity contribution is -0.139. The van der Waals surface area contributed by atoms with Crippen LogP contribution in [0.1, 0.15) is 51.9 Å². The topological polar surface area (TPSA) is 165 Å². The van der Waals surface area contributed by atoms with Crippen molar-refractivity contribution in [1.29, 1.82) is 0 Å². The van der Waals surface area contributed by atoms with Crippen LogP contribution in [0.25, 0.3) is 0 Å². The summed E-state index contributed by atoms with van der Waals surface area (Å²) in [6.45, 7) is 94.9. The number of ether oxygens (including phenoxy) is 1. The van der Waals surface area contributed by atoms with Crippen molar-refractivity contribution in [2.24, 2.45) is 0 Å². The Bertz CT molecular complexity index is 2420. The van der Waals surface area contributed by atoms with Gasteiger partial charge in [-0.1, -0.05) is 45.6 Å². The van der Waals surface area contributed by atoms with Crippen LogP contribution in [0, 0.1) is 0 Å². The molecule has 0 heterocycles. The summed E-state index contributed by atoms with van der Waals surface area (Å²) in [5, 5.41) is 0. The Hall–Kier alpha value is 3.60. The zero-order valence-electron chi connectivity index (χ0n) is 77.0. The molecule has 0 spiro atoms. The Kier molecular flexibility index (Phi) is 48.0. The molecule has 0 saturated carbocycles. The van der Waals surface area contributed by atoms with E-state index in [4.69, 9.17) is 66.8 Å². The van der Waals surface area contributed by atoms with Gasteiger partial charge in [0.2, 0.25) is 0 Å². The molecular weight excluding hydrogens is 1710 g/mol. The van der Waals surface area contributed by atoms with Crippen molar-refractivity contribution in [2.45, 2.75) is 391 Å². The van der Waals surface area contributed by atoms with Gasteiger partial charge in [-0.15, -0.1) is 0 Å². The van der Waals surface area contributed by atoms with Gasteiger partial charge in [0.25, 0.3) is 0 Å². The van der Waals surface area contributed by atoms with Crippen LogP contribution in [0.5, 0.6) is 0 Å². The van der Waals surface area contributed by atoms with Gasteiger partial charge in [0.05, 0.1) is 6.61 Å². The molecule has 0 fully saturated rings. The van der Waals surface area contributed by atoms with Crippen molar-refractivity contribution >= 4 is 205 Å². The molecule has 0 N–H and O–H groups in total. The van der Waals surface area contributed by atoms with E-state index in [1.165, 1.54) is 49.5 Å². The van der Waals surface area contributed by atoms with E-state index in [0.717, 1.165) is 79.9 Å².